The van der Waals surface area contributed by atoms with Crippen molar-refractivity contribution in [2.45, 2.75) is 37.9 Å². The van der Waals surface area contributed by atoms with E-state index in [0.29, 0.717) is 18.7 Å². The Morgan fingerprint density at radius 2 is 2.12 bits per heavy atom. The number of morpholine rings is 1. The number of hydrogen-bond acceptors (Lipinski definition) is 3. The number of ether oxygens (including phenoxy) is 2. The van der Waals surface area contributed by atoms with Gasteiger partial charge in [-0.05, 0) is 24.5 Å². The lowest BCUT2D eigenvalue weighted by atomic mass is 10.0. The van der Waals surface area contributed by atoms with Gasteiger partial charge in [0.1, 0.15) is 17.7 Å². The molecule has 0 aliphatic carbocycles. The Morgan fingerprint density at radius 1 is 1.31 bits per heavy atom. The molecular formula is C19H27F2N3O2. The number of rotatable bonds is 4. The lowest BCUT2D eigenvalue weighted by Crippen LogP contribution is -2.53. The Kier molecular flexibility index (Phi) is 6.43. The average Bonchev–Trinajstić information content (AvgIpc) is 3.17. The van der Waals surface area contributed by atoms with Gasteiger partial charge in [-0.15, -0.1) is 0 Å². The predicted octanol–water partition coefficient (Wildman–Crippen LogP) is 2.52. The Hall–Kier alpha value is -1.73. The molecule has 0 amide bonds. The molecule has 2 saturated heterocycles. The maximum Gasteiger partial charge on any atom is 0.193 e. The first-order valence-corrected chi connectivity index (χ1v) is 9.22. The molecule has 1 aromatic rings. The van der Waals surface area contributed by atoms with Gasteiger partial charge in [0.2, 0.25) is 0 Å². The van der Waals surface area contributed by atoms with Crippen LogP contribution in [0.4, 0.5) is 8.78 Å². The second-order valence-electron chi connectivity index (χ2n) is 6.90. The minimum Gasteiger partial charge on any atom is -0.375 e. The SMILES string of the molecule is CN=C(NCC(C)c1ccc(F)cc1F)N1CCOC(C2CCCO2)C1. The summed E-state index contributed by atoms with van der Waals surface area (Å²) in [5.74, 6) is -0.414. The highest BCUT2D eigenvalue weighted by Crippen LogP contribution is 2.22. The lowest BCUT2D eigenvalue weighted by molar-refractivity contribution is -0.0817. The molecule has 3 unspecified atom stereocenters. The summed E-state index contributed by atoms with van der Waals surface area (Å²) in [6.07, 6.45) is 2.32. The third-order valence-electron chi connectivity index (χ3n) is 5.04. The fraction of sp³-hybridized carbons (Fsp3) is 0.632. The third-order valence-corrected chi connectivity index (χ3v) is 5.04. The van der Waals surface area contributed by atoms with Crippen LogP contribution in [0.2, 0.25) is 0 Å². The molecule has 0 saturated carbocycles. The molecule has 0 bridgehead atoms. The smallest absolute Gasteiger partial charge is 0.193 e. The second-order valence-corrected chi connectivity index (χ2v) is 6.90. The van der Waals surface area contributed by atoms with Crippen molar-refractivity contribution in [1.82, 2.24) is 10.2 Å². The van der Waals surface area contributed by atoms with E-state index in [-0.39, 0.29) is 18.1 Å². The maximum atomic E-state index is 13.9. The van der Waals surface area contributed by atoms with Crippen molar-refractivity contribution in [2.24, 2.45) is 4.99 Å². The predicted molar refractivity (Wildman–Crippen MR) is 96.4 cm³/mol. The summed E-state index contributed by atoms with van der Waals surface area (Å²) in [5, 5.41) is 3.31. The van der Waals surface area contributed by atoms with E-state index >= 15 is 0 Å². The van der Waals surface area contributed by atoms with E-state index in [1.54, 1.807) is 7.05 Å². The summed E-state index contributed by atoms with van der Waals surface area (Å²) >= 11 is 0. The third kappa shape index (κ3) is 4.51. The van der Waals surface area contributed by atoms with Gasteiger partial charge in [0.15, 0.2) is 5.96 Å². The molecule has 0 aromatic heterocycles. The van der Waals surface area contributed by atoms with Crippen molar-refractivity contribution in [2.75, 3.05) is 39.9 Å². The normalized spacial score (nSPS) is 25.4. The quantitative estimate of drug-likeness (QED) is 0.656. The van der Waals surface area contributed by atoms with Crippen LogP contribution in [0, 0.1) is 11.6 Å². The average molecular weight is 367 g/mol. The highest BCUT2D eigenvalue weighted by Gasteiger charge is 2.32. The Morgan fingerprint density at radius 3 is 2.81 bits per heavy atom. The van der Waals surface area contributed by atoms with Crippen LogP contribution in [0.5, 0.6) is 0 Å². The number of nitrogens with one attached hydrogen (secondary N) is 1. The lowest BCUT2D eigenvalue weighted by Gasteiger charge is -2.37. The van der Waals surface area contributed by atoms with Crippen LogP contribution in [-0.4, -0.2) is 63.0 Å². The van der Waals surface area contributed by atoms with Gasteiger partial charge in [-0.1, -0.05) is 13.0 Å². The zero-order valence-electron chi connectivity index (χ0n) is 15.4. The molecule has 2 aliphatic rings. The summed E-state index contributed by atoms with van der Waals surface area (Å²) in [4.78, 5) is 6.51. The molecule has 5 nitrogen and oxygen atoms in total. The van der Waals surface area contributed by atoms with Crippen LogP contribution in [0.3, 0.4) is 0 Å². The van der Waals surface area contributed by atoms with Crippen molar-refractivity contribution in [3.63, 3.8) is 0 Å². The van der Waals surface area contributed by atoms with Crippen molar-refractivity contribution < 1.29 is 18.3 Å². The highest BCUT2D eigenvalue weighted by molar-refractivity contribution is 5.80. The molecule has 2 heterocycles. The fourth-order valence-corrected chi connectivity index (χ4v) is 3.58. The van der Waals surface area contributed by atoms with E-state index in [4.69, 9.17) is 9.47 Å². The van der Waals surface area contributed by atoms with Crippen LogP contribution in [0.1, 0.15) is 31.2 Å². The van der Waals surface area contributed by atoms with E-state index in [0.717, 1.165) is 44.6 Å². The van der Waals surface area contributed by atoms with Gasteiger partial charge in [-0.25, -0.2) is 8.78 Å². The Bertz CT molecular complexity index is 635. The van der Waals surface area contributed by atoms with Crippen LogP contribution in [0.15, 0.2) is 23.2 Å². The van der Waals surface area contributed by atoms with Gasteiger partial charge >= 0.3 is 0 Å². The molecule has 3 rings (SSSR count). The van der Waals surface area contributed by atoms with Crippen LogP contribution in [0.25, 0.3) is 0 Å². The maximum absolute atomic E-state index is 13.9. The van der Waals surface area contributed by atoms with Crippen molar-refractivity contribution in [3.8, 4) is 0 Å². The zero-order valence-corrected chi connectivity index (χ0v) is 15.4. The molecule has 2 fully saturated rings. The standard InChI is InChI=1S/C19H27F2N3O2/c1-13(15-6-5-14(20)10-16(15)21)11-23-19(22-2)24-7-9-26-18(12-24)17-4-3-8-25-17/h5-6,10,13,17-18H,3-4,7-9,11-12H2,1-2H3,(H,22,23). The monoisotopic (exact) mass is 367 g/mol. The van der Waals surface area contributed by atoms with E-state index in [1.165, 1.54) is 12.1 Å². The van der Waals surface area contributed by atoms with E-state index in [1.807, 2.05) is 6.92 Å². The second kappa shape index (κ2) is 8.77. The van der Waals surface area contributed by atoms with Crippen molar-refractivity contribution in [1.29, 1.82) is 0 Å². The number of guanidine groups is 1. The largest absolute Gasteiger partial charge is 0.375 e. The number of aliphatic imine (C=N–C) groups is 1. The van der Waals surface area contributed by atoms with Crippen LogP contribution in [-0.2, 0) is 9.47 Å². The van der Waals surface area contributed by atoms with Gasteiger partial charge in [-0.3, -0.25) is 4.99 Å². The number of benzene rings is 1. The molecule has 0 radical (unpaired) electrons. The summed E-state index contributed by atoms with van der Waals surface area (Å²) in [6, 6.07) is 3.72. The first-order chi connectivity index (χ1) is 12.6. The minimum absolute atomic E-state index is 0.0526. The van der Waals surface area contributed by atoms with Crippen molar-refractivity contribution in [3.05, 3.63) is 35.4 Å². The zero-order chi connectivity index (χ0) is 18.5. The van der Waals surface area contributed by atoms with E-state index < -0.39 is 11.6 Å². The van der Waals surface area contributed by atoms with E-state index in [9.17, 15) is 8.78 Å². The number of nitrogens with zero attached hydrogens (tertiary/aromatic N) is 2. The summed E-state index contributed by atoms with van der Waals surface area (Å²) < 4.78 is 38.7. The number of hydrogen-bond donors (Lipinski definition) is 1. The number of halogens is 2. The summed E-state index contributed by atoms with van der Waals surface area (Å²) in [7, 11) is 1.74. The first kappa shape index (κ1) is 19.0. The summed E-state index contributed by atoms with van der Waals surface area (Å²) in [5.41, 5.74) is 0.494. The minimum atomic E-state index is -0.560. The highest BCUT2D eigenvalue weighted by atomic mass is 19.1. The van der Waals surface area contributed by atoms with Crippen LogP contribution < -0.4 is 5.32 Å². The van der Waals surface area contributed by atoms with Gasteiger partial charge in [0.05, 0.1) is 12.7 Å². The van der Waals surface area contributed by atoms with Gasteiger partial charge < -0.3 is 19.7 Å². The molecule has 2 aliphatic heterocycles. The van der Waals surface area contributed by atoms with Gasteiger partial charge in [0.25, 0.3) is 0 Å². The molecule has 1 N–H and O–H groups in total. The molecule has 1 aromatic carbocycles. The molecule has 0 spiro atoms. The topological polar surface area (TPSA) is 46.1 Å². The molecule has 7 heteroatoms. The first-order valence-electron chi connectivity index (χ1n) is 9.22. The Labute approximate surface area is 153 Å². The van der Waals surface area contributed by atoms with E-state index in [2.05, 4.69) is 15.2 Å². The molecule has 144 valence electrons. The molecule has 3 atom stereocenters. The fourth-order valence-electron chi connectivity index (χ4n) is 3.58. The molecule has 26 heavy (non-hydrogen) atoms. The van der Waals surface area contributed by atoms with Gasteiger partial charge in [-0.2, -0.15) is 0 Å². The molecular weight excluding hydrogens is 340 g/mol. The summed E-state index contributed by atoms with van der Waals surface area (Å²) in [6.45, 7) is 5.33. The van der Waals surface area contributed by atoms with Crippen LogP contribution >= 0.6 is 0 Å². The Balaban J connectivity index is 1.57. The van der Waals surface area contributed by atoms with Gasteiger partial charge in [0, 0.05) is 45.3 Å². The van der Waals surface area contributed by atoms with Crippen molar-refractivity contribution >= 4 is 5.96 Å².